The smallest absolute Gasteiger partial charge is 0.0540 e. The standard InChI is InChI=1S/C52H35N/c1-2-15-39-33-41(28-27-36(39)13-1)40-18-11-19-44(34-40)53(43-31-29-38(30-32-43)46-25-12-17-37-14-3-5-20-45(37)46)52-26-10-9-24-50(52)51-35-42-16-4-6-21-47(42)48-22-7-8-23-49(48)51/h1-35H. The second-order valence-electron chi connectivity index (χ2n) is 13.7. The van der Waals surface area contributed by atoms with E-state index in [2.05, 4.69) is 217 Å². The maximum absolute atomic E-state index is 2.43. The Balaban J connectivity index is 1.18. The third-order valence-electron chi connectivity index (χ3n) is 10.6. The predicted molar refractivity (Wildman–Crippen MR) is 227 cm³/mol. The first-order valence-electron chi connectivity index (χ1n) is 18.3. The van der Waals surface area contributed by atoms with Crippen LogP contribution in [-0.2, 0) is 0 Å². The number of fused-ring (bicyclic) bond motifs is 5. The van der Waals surface area contributed by atoms with Crippen LogP contribution in [0.1, 0.15) is 0 Å². The zero-order chi connectivity index (χ0) is 35.1. The summed E-state index contributed by atoms with van der Waals surface area (Å²) >= 11 is 0. The summed E-state index contributed by atoms with van der Waals surface area (Å²) in [5.41, 5.74) is 10.5. The van der Waals surface area contributed by atoms with E-state index in [4.69, 9.17) is 0 Å². The number of nitrogens with zero attached hydrogens (tertiary/aromatic N) is 1. The molecule has 0 bridgehead atoms. The van der Waals surface area contributed by atoms with Crippen molar-refractivity contribution in [3.63, 3.8) is 0 Å². The second kappa shape index (κ2) is 13.0. The van der Waals surface area contributed by atoms with E-state index >= 15 is 0 Å². The minimum absolute atomic E-state index is 1.10. The zero-order valence-corrected chi connectivity index (χ0v) is 29.2. The van der Waals surface area contributed by atoms with E-state index in [0.29, 0.717) is 0 Å². The van der Waals surface area contributed by atoms with E-state index in [1.165, 1.54) is 76.5 Å². The van der Waals surface area contributed by atoms with E-state index in [0.717, 1.165) is 17.1 Å². The quantitative estimate of drug-likeness (QED) is 0.159. The summed E-state index contributed by atoms with van der Waals surface area (Å²) in [5, 5.41) is 10.0. The molecule has 0 fully saturated rings. The van der Waals surface area contributed by atoms with Crippen LogP contribution in [0.3, 0.4) is 0 Å². The topological polar surface area (TPSA) is 3.24 Å². The minimum atomic E-state index is 1.10. The average Bonchev–Trinajstić information content (AvgIpc) is 3.24. The maximum Gasteiger partial charge on any atom is 0.0540 e. The van der Waals surface area contributed by atoms with Crippen LogP contribution in [0.4, 0.5) is 17.1 Å². The van der Waals surface area contributed by atoms with Gasteiger partial charge in [0.05, 0.1) is 5.69 Å². The molecule has 0 unspecified atom stereocenters. The molecule has 0 aliphatic rings. The largest absolute Gasteiger partial charge is 0.310 e. The van der Waals surface area contributed by atoms with Crippen molar-refractivity contribution in [1.29, 1.82) is 0 Å². The Morgan fingerprint density at radius 2 is 0.830 bits per heavy atom. The van der Waals surface area contributed by atoms with Crippen LogP contribution < -0.4 is 4.90 Å². The molecule has 0 atom stereocenters. The van der Waals surface area contributed by atoms with Crippen LogP contribution in [0.25, 0.3) is 76.5 Å². The molecule has 0 saturated carbocycles. The third-order valence-corrected chi connectivity index (χ3v) is 10.6. The molecule has 0 amide bonds. The summed E-state index contributed by atoms with van der Waals surface area (Å²) in [6.45, 7) is 0. The molecule has 10 aromatic rings. The van der Waals surface area contributed by atoms with Gasteiger partial charge in [-0.05, 0) is 113 Å². The van der Waals surface area contributed by atoms with Gasteiger partial charge in [0.1, 0.15) is 0 Å². The van der Waals surface area contributed by atoms with Crippen LogP contribution in [0.2, 0.25) is 0 Å². The van der Waals surface area contributed by atoms with Crippen molar-refractivity contribution in [2.75, 3.05) is 4.90 Å². The molecule has 0 spiro atoms. The number of para-hydroxylation sites is 1. The van der Waals surface area contributed by atoms with Gasteiger partial charge in [0.15, 0.2) is 0 Å². The average molecular weight is 674 g/mol. The molecule has 1 heteroatoms. The molecule has 0 N–H and O–H groups in total. The highest BCUT2D eigenvalue weighted by molar-refractivity contribution is 6.15. The normalized spacial score (nSPS) is 11.4. The summed E-state index contributed by atoms with van der Waals surface area (Å²) in [6.07, 6.45) is 0. The fraction of sp³-hybridized carbons (Fsp3) is 0. The van der Waals surface area contributed by atoms with Crippen LogP contribution in [-0.4, -0.2) is 0 Å². The fourth-order valence-corrected chi connectivity index (χ4v) is 8.06. The van der Waals surface area contributed by atoms with Gasteiger partial charge < -0.3 is 4.90 Å². The Morgan fingerprint density at radius 1 is 0.245 bits per heavy atom. The number of hydrogen-bond donors (Lipinski definition) is 0. The lowest BCUT2D eigenvalue weighted by Gasteiger charge is -2.29. The molecule has 10 rings (SSSR count). The van der Waals surface area contributed by atoms with Gasteiger partial charge in [0, 0.05) is 16.9 Å². The van der Waals surface area contributed by atoms with Gasteiger partial charge >= 0.3 is 0 Å². The lowest BCUT2D eigenvalue weighted by molar-refractivity contribution is 1.28. The van der Waals surface area contributed by atoms with Crippen molar-refractivity contribution in [3.8, 4) is 33.4 Å². The van der Waals surface area contributed by atoms with Crippen molar-refractivity contribution in [1.82, 2.24) is 0 Å². The van der Waals surface area contributed by atoms with Gasteiger partial charge in [0.25, 0.3) is 0 Å². The first kappa shape index (κ1) is 30.8. The van der Waals surface area contributed by atoms with Gasteiger partial charge in [-0.25, -0.2) is 0 Å². The van der Waals surface area contributed by atoms with Crippen LogP contribution in [0, 0.1) is 0 Å². The van der Waals surface area contributed by atoms with Gasteiger partial charge in [-0.3, -0.25) is 0 Å². The van der Waals surface area contributed by atoms with E-state index in [1.807, 2.05) is 0 Å². The SMILES string of the molecule is c1cc(-c2ccc3ccccc3c2)cc(N(c2ccc(-c3cccc4ccccc34)cc2)c2ccccc2-c2cc3ccccc3c3ccccc23)c1. The molecule has 248 valence electrons. The van der Waals surface area contributed by atoms with Gasteiger partial charge in [-0.2, -0.15) is 0 Å². The maximum atomic E-state index is 2.43. The Labute approximate surface area is 309 Å². The first-order chi connectivity index (χ1) is 26.3. The Kier molecular flexibility index (Phi) is 7.55. The molecular formula is C52H35N. The van der Waals surface area contributed by atoms with E-state index in [9.17, 15) is 0 Å². The molecule has 0 aliphatic carbocycles. The second-order valence-corrected chi connectivity index (χ2v) is 13.7. The van der Waals surface area contributed by atoms with E-state index in [-0.39, 0.29) is 0 Å². The minimum Gasteiger partial charge on any atom is -0.310 e. The molecule has 10 aromatic carbocycles. The summed E-state index contributed by atoms with van der Waals surface area (Å²) < 4.78 is 0. The van der Waals surface area contributed by atoms with Crippen molar-refractivity contribution in [3.05, 3.63) is 212 Å². The molecule has 0 radical (unpaired) electrons. The van der Waals surface area contributed by atoms with Gasteiger partial charge in [-0.15, -0.1) is 0 Å². The summed E-state index contributed by atoms with van der Waals surface area (Å²) in [4.78, 5) is 2.43. The Bertz CT molecular complexity index is 2950. The third kappa shape index (κ3) is 5.51. The van der Waals surface area contributed by atoms with Crippen molar-refractivity contribution in [2.24, 2.45) is 0 Å². The van der Waals surface area contributed by atoms with E-state index in [1.54, 1.807) is 0 Å². The zero-order valence-electron chi connectivity index (χ0n) is 29.2. The Morgan fingerprint density at radius 3 is 1.68 bits per heavy atom. The molecule has 0 aliphatic heterocycles. The Hall–Kier alpha value is -6.96. The lowest BCUT2D eigenvalue weighted by atomic mass is 9.92. The highest BCUT2D eigenvalue weighted by Gasteiger charge is 2.20. The van der Waals surface area contributed by atoms with Crippen molar-refractivity contribution < 1.29 is 0 Å². The monoisotopic (exact) mass is 673 g/mol. The summed E-state index contributed by atoms with van der Waals surface area (Å²) in [6, 6.07) is 77.3. The summed E-state index contributed by atoms with van der Waals surface area (Å²) in [7, 11) is 0. The molecule has 53 heavy (non-hydrogen) atoms. The molecular weight excluding hydrogens is 639 g/mol. The fourth-order valence-electron chi connectivity index (χ4n) is 8.06. The predicted octanol–water partition coefficient (Wildman–Crippen LogP) is 14.8. The molecule has 1 nitrogen and oxygen atoms in total. The van der Waals surface area contributed by atoms with Crippen molar-refractivity contribution >= 4 is 60.2 Å². The summed E-state index contributed by atoms with van der Waals surface area (Å²) in [5.74, 6) is 0. The van der Waals surface area contributed by atoms with Crippen molar-refractivity contribution in [2.45, 2.75) is 0 Å². The van der Waals surface area contributed by atoms with E-state index < -0.39 is 0 Å². The van der Waals surface area contributed by atoms with Crippen LogP contribution >= 0.6 is 0 Å². The number of anilines is 3. The highest BCUT2D eigenvalue weighted by atomic mass is 15.1. The number of rotatable bonds is 6. The van der Waals surface area contributed by atoms with Gasteiger partial charge in [0.2, 0.25) is 0 Å². The lowest BCUT2D eigenvalue weighted by Crippen LogP contribution is -2.11. The number of benzene rings is 10. The highest BCUT2D eigenvalue weighted by Crippen LogP contribution is 2.45. The molecule has 0 saturated heterocycles. The van der Waals surface area contributed by atoms with Crippen LogP contribution in [0.5, 0.6) is 0 Å². The molecule has 0 aromatic heterocycles. The van der Waals surface area contributed by atoms with Gasteiger partial charge in [-0.1, -0.05) is 170 Å². The van der Waals surface area contributed by atoms with Crippen LogP contribution in [0.15, 0.2) is 212 Å². The number of hydrogen-bond acceptors (Lipinski definition) is 1. The molecule has 0 heterocycles. The first-order valence-corrected chi connectivity index (χ1v) is 18.3.